The van der Waals surface area contributed by atoms with Crippen LogP contribution in [0.4, 0.5) is 24.5 Å². The van der Waals surface area contributed by atoms with Crippen LogP contribution in [0.2, 0.25) is 0 Å². The van der Waals surface area contributed by atoms with Crippen LogP contribution in [0.1, 0.15) is 5.76 Å². The van der Waals surface area contributed by atoms with Gasteiger partial charge < -0.3 is 14.8 Å². The molecule has 1 heterocycles. The standard InChI is InChI=1S/C15H15F3N2O6S/c16-15(17,18)27(24,25)12-3-4-13(14(7-12)20(22)23)19-8-10(9-21)6-11-2-1-5-26-11/h1-5,7,10,19,21H,6,8-9H2/t10-/m0/s1. The van der Waals surface area contributed by atoms with Crippen molar-refractivity contribution in [3.63, 3.8) is 0 Å². The minimum absolute atomic E-state index is 0.0450. The summed E-state index contributed by atoms with van der Waals surface area (Å²) in [5.41, 5.74) is -6.56. The average Bonchev–Trinajstić information content (AvgIpc) is 3.10. The van der Waals surface area contributed by atoms with Crippen molar-refractivity contribution in [3.8, 4) is 0 Å². The molecule has 0 radical (unpaired) electrons. The van der Waals surface area contributed by atoms with E-state index in [1.54, 1.807) is 12.1 Å². The topological polar surface area (TPSA) is 123 Å². The van der Waals surface area contributed by atoms with Gasteiger partial charge in [-0.3, -0.25) is 10.1 Å². The lowest BCUT2D eigenvalue weighted by atomic mass is 10.0. The van der Waals surface area contributed by atoms with E-state index in [0.717, 1.165) is 6.07 Å². The molecular weight excluding hydrogens is 393 g/mol. The molecule has 12 heteroatoms. The second-order valence-corrected chi connectivity index (χ2v) is 7.54. The number of nitrogens with one attached hydrogen (secondary N) is 1. The summed E-state index contributed by atoms with van der Waals surface area (Å²) in [6, 6.07) is 5.21. The molecule has 0 aliphatic carbocycles. The number of anilines is 1. The molecule has 0 aliphatic heterocycles. The molecule has 0 saturated heterocycles. The Morgan fingerprint density at radius 1 is 1.30 bits per heavy atom. The maximum atomic E-state index is 12.6. The van der Waals surface area contributed by atoms with Crippen molar-refractivity contribution < 1.29 is 36.0 Å². The van der Waals surface area contributed by atoms with E-state index in [1.807, 2.05) is 0 Å². The van der Waals surface area contributed by atoms with Crippen LogP contribution < -0.4 is 5.32 Å². The summed E-state index contributed by atoms with van der Waals surface area (Å²) < 4.78 is 65.8. The number of furan rings is 1. The fourth-order valence-corrected chi connectivity index (χ4v) is 3.06. The average molecular weight is 408 g/mol. The van der Waals surface area contributed by atoms with E-state index < -0.39 is 36.8 Å². The molecule has 0 aliphatic rings. The van der Waals surface area contributed by atoms with Gasteiger partial charge in [0.25, 0.3) is 15.5 Å². The molecule has 8 nitrogen and oxygen atoms in total. The Hall–Kier alpha value is -2.60. The van der Waals surface area contributed by atoms with E-state index in [2.05, 4.69) is 5.32 Å². The van der Waals surface area contributed by atoms with Crippen molar-refractivity contribution in [1.82, 2.24) is 0 Å². The number of nitrogens with zero attached hydrogens (tertiary/aromatic N) is 1. The summed E-state index contributed by atoms with van der Waals surface area (Å²) >= 11 is 0. The van der Waals surface area contributed by atoms with Crippen LogP contribution >= 0.6 is 0 Å². The highest BCUT2D eigenvalue weighted by atomic mass is 32.2. The zero-order chi connectivity index (χ0) is 20.2. The van der Waals surface area contributed by atoms with Gasteiger partial charge >= 0.3 is 5.51 Å². The molecule has 1 atom stereocenters. The molecular formula is C15H15F3N2O6S. The lowest BCUT2D eigenvalue weighted by Gasteiger charge is -2.15. The highest BCUT2D eigenvalue weighted by Crippen LogP contribution is 2.34. The third-order valence-electron chi connectivity index (χ3n) is 3.69. The Morgan fingerprint density at radius 2 is 2.00 bits per heavy atom. The SMILES string of the molecule is O=[N+]([O-])c1cc(S(=O)(=O)C(F)(F)F)ccc1NC[C@@H](CO)Cc1ccco1. The summed E-state index contributed by atoms with van der Waals surface area (Å²) in [7, 11) is -5.70. The van der Waals surface area contributed by atoms with Crippen LogP contribution in [0.15, 0.2) is 45.9 Å². The summed E-state index contributed by atoms with van der Waals surface area (Å²) in [5.74, 6) is 0.186. The molecule has 0 unspecified atom stereocenters. The van der Waals surface area contributed by atoms with Crippen molar-refractivity contribution >= 4 is 21.2 Å². The lowest BCUT2D eigenvalue weighted by Crippen LogP contribution is -2.23. The van der Waals surface area contributed by atoms with Gasteiger partial charge in [0.1, 0.15) is 11.4 Å². The minimum Gasteiger partial charge on any atom is -0.469 e. The maximum Gasteiger partial charge on any atom is 0.501 e. The number of aliphatic hydroxyl groups is 1. The Bertz CT molecular complexity index is 897. The monoisotopic (exact) mass is 408 g/mol. The number of nitro benzene ring substituents is 1. The first kappa shape index (κ1) is 20.7. The molecule has 27 heavy (non-hydrogen) atoms. The van der Waals surface area contributed by atoms with E-state index in [1.165, 1.54) is 6.26 Å². The van der Waals surface area contributed by atoms with Crippen molar-refractivity contribution in [1.29, 1.82) is 0 Å². The Kier molecular flexibility index (Phi) is 6.11. The molecule has 1 aromatic carbocycles. The summed E-state index contributed by atoms with van der Waals surface area (Å²) in [4.78, 5) is 8.94. The number of nitro groups is 1. The predicted molar refractivity (Wildman–Crippen MR) is 87.8 cm³/mol. The zero-order valence-electron chi connectivity index (χ0n) is 13.6. The molecule has 1 aromatic heterocycles. The quantitative estimate of drug-likeness (QED) is 0.509. The predicted octanol–water partition coefficient (Wildman–Crippen LogP) is 2.74. The van der Waals surface area contributed by atoms with Crippen molar-refractivity contribution in [2.24, 2.45) is 5.92 Å². The smallest absolute Gasteiger partial charge is 0.469 e. The molecule has 0 spiro atoms. The van der Waals surface area contributed by atoms with Gasteiger partial charge in [-0.15, -0.1) is 0 Å². The fourth-order valence-electron chi connectivity index (χ4n) is 2.28. The van der Waals surface area contributed by atoms with E-state index in [4.69, 9.17) is 4.42 Å². The van der Waals surface area contributed by atoms with Gasteiger partial charge in [0.05, 0.1) is 16.1 Å². The zero-order valence-corrected chi connectivity index (χ0v) is 14.5. The number of hydrogen-bond acceptors (Lipinski definition) is 7. The first-order valence-electron chi connectivity index (χ1n) is 7.53. The van der Waals surface area contributed by atoms with Gasteiger partial charge in [-0.2, -0.15) is 13.2 Å². The number of aliphatic hydroxyl groups excluding tert-OH is 1. The maximum absolute atomic E-state index is 12.6. The van der Waals surface area contributed by atoms with Crippen LogP contribution in [0.5, 0.6) is 0 Å². The largest absolute Gasteiger partial charge is 0.501 e. The van der Waals surface area contributed by atoms with Gasteiger partial charge in [0.15, 0.2) is 0 Å². The van der Waals surface area contributed by atoms with Gasteiger partial charge in [0.2, 0.25) is 0 Å². The van der Waals surface area contributed by atoms with Gasteiger partial charge in [-0.25, -0.2) is 8.42 Å². The molecule has 2 rings (SSSR count). The van der Waals surface area contributed by atoms with E-state index in [0.29, 0.717) is 24.3 Å². The summed E-state index contributed by atoms with van der Waals surface area (Å²) in [6.45, 7) is -0.231. The highest BCUT2D eigenvalue weighted by Gasteiger charge is 2.47. The molecule has 0 saturated carbocycles. The summed E-state index contributed by atoms with van der Waals surface area (Å²) in [6.07, 6.45) is 1.77. The Morgan fingerprint density at radius 3 is 2.52 bits per heavy atom. The van der Waals surface area contributed by atoms with Crippen molar-refractivity contribution in [3.05, 3.63) is 52.5 Å². The number of rotatable bonds is 8. The molecule has 2 N–H and O–H groups in total. The molecule has 2 aromatic rings. The second-order valence-electron chi connectivity index (χ2n) is 5.60. The van der Waals surface area contributed by atoms with Crippen molar-refractivity contribution in [2.45, 2.75) is 16.8 Å². The van der Waals surface area contributed by atoms with E-state index >= 15 is 0 Å². The van der Waals surface area contributed by atoms with Crippen molar-refractivity contribution in [2.75, 3.05) is 18.5 Å². The van der Waals surface area contributed by atoms with Gasteiger partial charge in [-0.05, 0) is 24.3 Å². The lowest BCUT2D eigenvalue weighted by molar-refractivity contribution is -0.384. The van der Waals surface area contributed by atoms with Crippen LogP contribution in [0, 0.1) is 16.0 Å². The van der Waals surface area contributed by atoms with E-state index in [-0.39, 0.29) is 18.8 Å². The first-order chi connectivity index (χ1) is 12.6. The summed E-state index contributed by atoms with van der Waals surface area (Å²) in [5, 5.41) is 23.2. The molecule has 148 valence electrons. The highest BCUT2D eigenvalue weighted by molar-refractivity contribution is 7.92. The number of hydrogen-bond donors (Lipinski definition) is 2. The third kappa shape index (κ3) is 4.77. The Balaban J connectivity index is 2.23. The normalized spacial score (nSPS) is 13.3. The van der Waals surface area contributed by atoms with Crippen LogP contribution in [0.25, 0.3) is 0 Å². The third-order valence-corrected chi connectivity index (χ3v) is 5.17. The Labute approximate surface area is 151 Å². The minimum atomic E-state index is -5.70. The van der Waals surface area contributed by atoms with Crippen LogP contribution in [-0.4, -0.2) is 37.1 Å². The molecule has 0 amide bonds. The van der Waals surface area contributed by atoms with Crippen LogP contribution in [-0.2, 0) is 16.3 Å². The fraction of sp³-hybridized carbons (Fsp3) is 0.333. The number of alkyl halides is 3. The molecule has 0 bridgehead atoms. The van der Waals surface area contributed by atoms with Gasteiger partial charge in [-0.1, -0.05) is 0 Å². The van der Waals surface area contributed by atoms with Gasteiger partial charge in [0, 0.05) is 31.6 Å². The second kappa shape index (κ2) is 7.96. The first-order valence-corrected chi connectivity index (χ1v) is 9.01. The number of benzene rings is 1. The van der Waals surface area contributed by atoms with E-state index in [9.17, 15) is 36.8 Å². The molecule has 0 fully saturated rings. The number of halogens is 3. The number of sulfone groups is 1. The van der Waals surface area contributed by atoms with Crippen LogP contribution in [0.3, 0.4) is 0 Å².